The molecule has 2 fully saturated rings. The number of thioether (sulfide) groups is 1. The fourth-order valence-corrected chi connectivity index (χ4v) is 4.96. The molecule has 2 aliphatic rings. The summed E-state index contributed by atoms with van der Waals surface area (Å²) in [5.74, 6) is 0.414. The molecule has 1 unspecified atom stereocenters. The van der Waals surface area contributed by atoms with Crippen LogP contribution in [0, 0.1) is 16.7 Å². The Labute approximate surface area is 184 Å². The molecule has 8 nitrogen and oxygen atoms in total. The van der Waals surface area contributed by atoms with E-state index in [-0.39, 0.29) is 18.4 Å². The largest absolute Gasteiger partial charge is 0.343 e. The first-order valence-corrected chi connectivity index (χ1v) is 11.2. The molecule has 1 aromatic heterocycles. The lowest BCUT2D eigenvalue weighted by molar-refractivity contribution is -0.129. The number of anilines is 1. The molecule has 9 heteroatoms. The van der Waals surface area contributed by atoms with Gasteiger partial charge < -0.3 is 15.1 Å². The topological polar surface area (TPSA) is 106 Å². The van der Waals surface area contributed by atoms with E-state index in [0.29, 0.717) is 34.6 Å². The van der Waals surface area contributed by atoms with E-state index in [2.05, 4.69) is 16.4 Å². The van der Waals surface area contributed by atoms with E-state index >= 15 is 0 Å². The lowest BCUT2D eigenvalue weighted by Crippen LogP contribution is -2.42. The van der Waals surface area contributed by atoms with Crippen LogP contribution in [-0.2, 0) is 9.59 Å². The van der Waals surface area contributed by atoms with Gasteiger partial charge in [-0.05, 0) is 30.7 Å². The van der Waals surface area contributed by atoms with Crippen molar-refractivity contribution in [3.05, 3.63) is 36.0 Å². The van der Waals surface area contributed by atoms with Crippen LogP contribution in [0.5, 0.6) is 0 Å². The number of amides is 3. The summed E-state index contributed by atoms with van der Waals surface area (Å²) in [7, 11) is 0. The highest BCUT2D eigenvalue weighted by Crippen LogP contribution is 2.35. The highest BCUT2D eigenvalue weighted by Gasteiger charge is 2.39. The molecule has 1 atom stereocenters. The zero-order valence-electron chi connectivity index (χ0n) is 17.4. The minimum absolute atomic E-state index is 0.0582. The molecule has 0 bridgehead atoms. The van der Waals surface area contributed by atoms with Gasteiger partial charge in [0.15, 0.2) is 0 Å². The molecule has 0 radical (unpaired) electrons. The van der Waals surface area contributed by atoms with E-state index in [1.54, 1.807) is 29.3 Å². The highest BCUT2D eigenvalue weighted by molar-refractivity contribution is 7.99. The zero-order valence-corrected chi connectivity index (χ0v) is 18.2. The summed E-state index contributed by atoms with van der Waals surface area (Å²) in [4.78, 5) is 45.5. The second-order valence-corrected chi connectivity index (χ2v) is 9.34. The van der Waals surface area contributed by atoms with Gasteiger partial charge in [-0.1, -0.05) is 13.8 Å². The molecule has 2 saturated heterocycles. The maximum Gasteiger partial charge on any atom is 0.252 e. The number of hydrogen-bond donors (Lipinski definition) is 1. The standard InChI is InChI=1S/C22H23N5O3S/c1-22(2)6-8-26(21(22)30)14-3-4-18-17(9-14)16(5-7-24-18)20(29)25-11-19(28)27-13-31-12-15(27)10-23/h3-5,7,9,15H,6,8,11-13H2,1-2H3,(H,25,29). The van der Waals surface area contributed by atoms with Crippen LogP contribution in [0.2, 0.25) is 0 Å². The number of benzene rings is 1. The van der Waals surface area contributed by atoms with E-state index in [0.717, 1.165) is 12.1 Å². The van der Waals surface area contributed by atoms with E-state index in [1.807, 2.05) is 19.9 Å². The van der Waals surface area contributed by atoms with Crippen molar-refractivity contribution in [1.29, 1.82) is 5.26 Å². The number of carbonyl (C=O) groups is 3. The van der Waals surface area contributed by atoms with Gasteiger partial charge in [0.1, 0.15) is 6.04 Å². The van der Waals surface area contributed by atoms with Gasteiger partial charge in [-0.25, -0.2) is 0 Å². The van der Waals surface area contributed by atoms with Crippen LogP contribution in [0.15, 0.2) is 30.5 Å². The van der Waals surface area contributed by atoms with Crippen molar-refractivity contribution in [3.63, 3.8) is 0 Å². The summed E-state index contributed by atoms with van der Waals surface area (Å²) < 4.78 is 0. The molecule has 0 spiro atoms. The van der Waals surface area contributed by atoms with Crippen molar-refractivity contribution in [2.24, 2.45) is 5.41 Å². The normalized spacial score (nSPS) is 20.2. The third-order valence-electron chi connectivity index (χ3n) is 5.82. The highest BCUT2D eigenvalue weighted by atomic mass is 32.2. The predicted octanol–water partition coefficient (Wildman–Crippen LogP) is 2.15. The van der Waals surface area contributed by atoms with Crippen LogP contribution >= 0.6 is 11.8 Å². The van der Waals surface area contributed by atoms with Crippen LogP contribution in [0.3, 0.4) is 0 Å². The molecule has 160 valence electrons. The fourth-order valence-electron chi connectivity index (χ4n) is 3.86. The zero-order chi connectivity index (χ0) is 22.2. The minimum atomic E-state index is -0.457. The fraction of sp³-hybridized carbons (Fsp3) is 0.409. The van der Waals surface area contributed by atoms with Crippen LogP contribution in [-0.4, -0.2) is 58.4 Å². The van der Waals surface area contributed by atoms with Gasteiger partial charge in [0.05, 0.1) is 29.6 Å². The first kappa shape index (κ1) is 21.1. The summed E-state index contributed by atoms with van der Waals surface area (Å²) >= 11 is 1.52. The monoisotopic (exact) mass is 437 g/mol. The first-order chi connectivity index (χ1) is 14.8. The molecular formula is C22H23N5O3S. The van der Waals surface area contributed by atoms with E-state index < -0.39 is 17.4 Å². The third kappa shape index (κ3) is 3.95. The number of aromatic nitrogens is 1. The SMILES string of the molecule is CC1(C)CCN(c2ccc3nccc(C(=O)NCC(=O)N4CSCC4C#N)c3c2)C1=O. The number of nitrogens with one attached hydrogen (secondary N) is 1. The van der Waals surface area contributed by atoms with Crippen molar-refractivity contribution < 1.29 is 14.4 Å². The van der Waals surface area contributed by atoms with Crippen molar-refractivity contribution >= 4 is 46.1 Å². The first-order valence-electron chi connectivity index (χ1n) is 10.1. The summed E-state index contributed by atoms with van der Waals surface area (Å²) in [5, 5.41) is 12.4. The lowest BCUT2D eigenvalue weighted by Gasteiger charge is -2.20. The van der Waals surface area contributed by atoms with Crippen molar-refractivity contribution in [2.75, 3.05) is 29.6 Å². The molecule has 3 heterocycles. The Morgan fingerprint density at radius 3 is 2.87 bits per heavy atom. The van der Waals surface area contributed by atoms with Gasteiger partial charge in [0.25, 0.3) is 5.91 Å². The molecule has 0 saturated carbocycles. The lowest BCUT2D eigenvalue weighted by atomic mass is 9.92. The molecular weight excluding hydrogens is 414 g/mol. The summed E-state index contributed by atoms with van der Waals surface area (Å²) in [6.45, 7) is 4.31. The number of fused-ring (bicyclic) bond motifs is 1. The maximum absolute atomic E-state index is 12.9. The average molecular weight is 438 g/mol. The summed E-state index contributed by atoms with van der Waals surface area (Å²) in [6.07, 6.45) is 2.32. The van der Waals surface area contributed by atoms with Gasteiger partial charge in [0.2, 0.25) is 11.8 Å². The Morgan fingerprint density at radius 2 is 2.16 bits per heavy atom. The van der Waals surface area contributed by atoms with Crippen LogP contribution < -0.4 is 10.2 Å². The van der Waals surface area contributed by atoms with Gasteiger partial charge >= 0.3 is 0 Å². The molecule has 2 aromatic rings. The Bertz CT molecular complexity index is 1110. The Kier molecular flexibility index (Phi) is 5.58. The Balaban J connectivity index is 1.55. The number of rotatable bonds is 4. The molecule has 31 heavy (non-hydrogen) atoms. The smallest absolute Gasteiger partial charge is 0.252 e. The number of hydrogen-bond acceptors (Lipinski definition) is 6. The van der Waals surface area contributed by atoms with Gasteiger partial charge in [-0.15, -0.1) is 11.8 Å². The number of nitrogens with zero attached hydrogens (tertiary/aromatic N) is 4. The molecule has 2 aliphatic heterocycles. The van der Waals surface area contributed by atoms with Gasteiger partial charge in [-0.2, -0.15) is 5.26 Å². The average Bonchev–Trinajstić information content (AvgIpc) is 3.35. The Hall–Kier alpha value is -3.12. The van der Waals surface area contributed by atoms with Gasteiger partial charge in [-0.3, -0.25) is 19.4 Å². The van der Waals surface area contributed by atoms with E-state index in [9.17, 15) is 14.4 Å². The van der Waals surface area contributed by atoms with Crippen molar-refractivity contribution in [1.82, 2.24) is 15.2 Å². The second-order valence-electron chi connectivity index (χ2n) is 8.34. The Morgan fingerprint density at radius 1 is 1.35 bits per heavy atom. The molecule has 4 rings (SSSR count). The van der Waals surface area contributed by atoms with E-state index in [1.165, 1.54) is 16.7 Å². The second kappa shape index (κ2) is 8.19. The van der Waals surface area contributed by atoms with Gasteiger partial charge in [0, 0.05) is 35.0 Å². The minimum Gasteiger partial charge on any atom is -0.343 e. The van der Waals surface area contributed by atoms with Crippen molar-refractivity contribution in [2.45, 2.75) is 26.3 Å². The molecule has 0 aliphatic carbocycles. The molecule has 3 amide bonds. The van der Waals surface area contributed by atoms with Crippen molar-refractivity contribution in [3.8, 4) is 6.07 Å². The number of carbonyl (C=O) groups excluding carboxylic acids is 3. The van der Waals surface area contributed by atoms with Crippen LogP contribution in [0.25, 0.3) is 10.9 Å². The molecule has 1 aromatic carbocycles. The predicted molar refractivity (Wildman–Crippen MR) is 118 cm³/mol. The maximum atomic E-state index is 12.9. The summed E-state index contributed by atoms with van der Waals surface area (Å²) in [5.41, 5.74) is 1.35. The quantitative estimate of drug-likeness (QED) is 0.786. The summed E-state index contributed by atoms with van der Waals surface area (Å²) in [6, 6.07) is 8.70. The van der Waals surface area contributed by atoms with Crippen LogP contribution in [0.1, 0.15) is 30.6 Å². The number of pyridine rings is 1. The van der Waals surface area contributed by atoms with E-state index in [4.69, 9.17) is 5.26 Å². The number of nitriles is 1. The third-order valence-corrected chi connectivity index (χ3v) is 6.83. The molecule has 1 N–H and O–H groups in total. The van der Waals surface area contributed by atoms with Crippen LogP contribution in [0.4, 0.5) is 5.69 Å².